The summed E-state index contributed by atoms with van der Waals surface area (Å²) < 4.78 is 1.12. The number of likely N-dealkylation sites (tertiary alicyclic amines) is 2. The highest BCUT2D eigenvalue weighted by Crippen LogP contribution is 2.29. The molecule has 39 heavy (non-hydrogen) atoms. The number of thiazole rings is 1. The molecule has 2 aliphatic rings. The van der Waals surface area contributed by atoms with Crippen LogP contribution in [0.25, 0.3) is 21.3 Å². The maximum Gasteiger partial charge on any atom is 0.255 e. The molecule has 1 aromatic heterocycles. The molecule has 0 spiro atoms. The van der Waals surface area contributed by atoms with Crippen molar-refractivity contribution in [3.63, 3.8) is 0 Å². The average molecular weight is 584 g/mol. The van der Waals surface area contributed by atoms with E-state index in [4.69, 9.17) is 0 Å². The Bertz CT molecular complexity index is 1370. The summed E-state index contributed by atoms with van der Waals surface area (Å²) in [4.78, 5) is 22.9. The van der Waals surface area contributed by atoms with Crippen LogP contribution in [0.3, 0.4) is 0 Å². The number of carbonyl (C=O) groups is 1. The normalized spacial score (nSPS) is 16.8. The van der Waals surface area contributed by atoms with Crippen LogP contribution in [0.2, 0.25) is 0 Å². The lowest BCUT2D eigenvalue weighted by Crippen LogP contribution is -2.46. The molecule has 0 bridgehead atoms. The Morgan fingerprint density at radius 3 is 2.44 bits per heavy atom. The summed E-state index contributed by atoms with van der Waals surface area (Å²) in [6.45, 7) is 5.63. The third kappa shape index (κ3) is 7.00. The van der Waals surface area contributed by atoms with Crippen molar-refractivity contribution in [2.24, 2.45) is 0 Å². The summed E-state index contributed by atoms with van der Waals surface area (Å²) in [6, 6.07) is 23.3. The zero-order valence-electron chi connectivity index (χ0n) is 22.1. The van der Waals surface area contributed by atoms with Gasteiger partial charge in [-0.25, -0.2) is 4.98 Å². The number of amides is 1. The molecule has 2 saturated heterocycles. The van der Waals surface area contributed by atoms with Gasteiger partial charge in [-0.3, -0.25) is 9.69 Å². The van der Waals surface area contributed by atoms with E-state index in [0.717, 1.165) is 41.6 Å². The summed E-state index contributed by atoms with van der Waals surface area (Å²) in [5, 5.41) is 3.08. The first-order valence-corrected chi connectivity index (χ1v) is 14.4. The first-order valence-electron chi connectivity index (χ1n) is 13.5. The van der Waals surface area contributed by atoms with Gasteiger partial charge in [-0.05, 0) is 98.9 Å². The fourth-order valence-electron chi connectivity index (χ4n) is 5.87. The predicted molar refractivity (Wildman–Crippen MR) is 168 cm³/mol. The number of anilines is 1. The van der Waals surface area contributed by atoms with Gasteiger partial charge < -0.3 is 10.2 Å². The lowest BCUT2D eigenvalue weighted by Gasteiger charge is -2.40. The molecule has 206 valence electrons. The Morgan fingerprint density at radius 2 is 1.67 bits per heavy atom. The molecule has 1 amide bonds. The Labute approximate surface area is 247 Å². The quantitative estimate of drug-likeness (QED) is 0.255. The van der Waals surface area contributed by atoms with Crippen molar-refractivity contribution >= 4 is 58.0 Å². The van der Waals surface area contributed by atoms with E-state index in [9.17, 15) is 4.79 Å². The van der Waals surface area contributed by atoms with E-state index in [2.05, 4.69) is 62.6 Å². The van der Waals surface area contributed by atoms with Gasteiger partial charge in [0, 0.05) is 23.8 Å². The van der Waals surface area contributed by atoms with Crippen molar-refractivity contribution in [2.75, 3.05) is 31.5 Å². The predicted octanol–water partition coefficient (Wildman–Crippen LogP) is 7.51. The molecule has 6 rings (SSSR count). The van der Waals surface area contributed by atoms with Gasteiger partial charge in [0.1, 0.15) is 0 Å². The standard InChI is InChI=1S/C31H34N4OS.2ClH/c36-31(33-26-10-12-30-29(20-26)32-22-37-30)24-9-11-28(23-7-3-1-4-8-23)25(19-24)21-34-17-13-27(14-18-34)35-15-5-2-6-16-35;;/h1,3-4,7-12,19-20,22,27H,2,5-6,13-18,21H2,(H,33,36);2*1H. The first-order chi connectivity index (χ1) is 18.2. The maximum atomic E-state index is 13.3. The summed E-state index contributed by atoms with van der Waals surface area (Å²) >= 11 is 1.61. The van der Waals surface area contributed by atoms with Crippen molar-refractivity contribution in [1.29, 1.82) is 0 Å². The second-order valence-electron chi connectivity index (χ2n) is 10.3. The molecule has 0 saturated carbocycles. The van der Waals surface area contributed by atoms with Crippen LogP contribution in [0, 0.1) is 0 Å². The van der Waals surface area contributed by atoms with Gasteiger partial charge >= 0.3 is 0 Å². The molecule has 4 aromatic rings. The van der Waals surface area contributed by atoms with Gasteiger partial charge in [0.05, 0.1) is 15.7 Å². The zero-order valence-corrected chi connectivity index (χ0v) is 24.5. The highest BCUT2D eigenvalue weighted by atomic mass is 35.5. The summed E-state index contributed by atoms with van der Waals surface area (Å²) in [6.07, 6.45) is 6.57. The number of nitrogens with zero attached hydrogens (tertiary/aromatic N) is 3. The molecule has 0 aliphatic carbocycles. The number of aromatic nitrogens is 1. The van der Waals surface area contributed by atoms with Crippen molar-refractivity contribution in [3.8, 4) is 11.1 Å². The van der Waals surface area contributed by atoms with Crippen LogP contribution >= 0.6 is 36.2 Å². The Balaban J connectivity index is 0.00000176. The van der Waals surface area contributed by atoms with E-state index in [0.29, 0.717) is 5.56 Å². The molecule has 5 nitrogen and oxygen atoms in total. The first kappa shape index (κ1) is 29.5. The van der Waals surface area contributed by atoms with Gasteiger partial charge in [0.25, 0.3) is 5.91 Å². The third-order valence-corrected chi connectivity index (χ3v) is 8.71. The fourth-order valence-corrected chi connectivity index (χ4v) is 6.53. The molecule has 3 heterocycles. The van der Waals surface area contributed by atoms with E-state index in [1.807, 2.05) is 29.8 Å². The third-order valence-electron chi connectivity index (χ3n) is 7.90. The largest absolute Gasteiger partial charge is 0.322 e. The minimum atomic E-state index is -0.0840. The number of fused-ring (bicyclic) bond motifs is 1. The summed E-state index contributed by atoms with van der Waals surface area (Å²) in [5.74, 6) is -0.0840. The lowest BCUT2D eigenvalue weighted by atomic mass is 9.95. The highest BCUT2D eigenvalue weighted by Gasteiger charge is 2.26. The van der Waals surface area contributed by atoms with Gasteiger partial charge in [-0.15, -0.1) is 36.2 Å². The van der Waals surface area contributed by atoms with Crippen LogP contribution in [-0.2, 0) is 6.54 Å². The minimum absolute atomic E-state index is 0. The molecule has 8 heteroatoms. The van der Waals surface area contributed by atoms with E-state index in [-0.39, 0.29) is 30.7 Å². The average Bonchev–Trinajstić information content (AvgIpc) is 3.42. The number of nitrogens with one attached hydrogen (secondary N) is 1. The smallest absolute Gasteiger partial charge is 0.255 e. The zero-order chi connectivity index (χ0) is 25.0. The summed E-state index contributed by atoms with van der Waals surface area (Å²) in [7, 11) is 0. The van der Waals surface area contributed by atoms with E-state index in [1.165, 1.54) is 61.9 Å². The van der Waals surface area contributed by atoms with Crippen LogP contribution in [0.15, 0.2) is 72.2 Å². The van der Waals surface area contributed by atoms with Crippen LogP contribution in [0.4, 0.5) is 5.69 Å². The number of hydrogen-bond donors (Lipinski definition) is 1. The number of carbonyl (C=O) groups excluding carboxylic acids is 1. The molecule has 3 aromatic carbocycles. The monoisotopic (exact) mass is 582 g/mol. The summed E-state index contributed by atoms with van der Waals surface area (Å²) in [5.41, 5.74) is 7.83. The van der Waals surface area contributed by atoms with E-state index in [1.54, 1.807) is 11.3 Å². The minimum Gasteiger partial charge on any atom is -0.322 e. The number of rotatable bonds is 6. The highest BCUT2D eigenvalue weighted by molar-refractivity contribution is 7.16. The molecular formula is C31H36Cl2N4OS. The molecular weight excluding hydrogens is 547 g/mol. The van der Waals surface area contributed by atoms with Crippen molar-refractivity contribution in [1.82, 2.24) is 14.8 Å². The number of hydrogen-bond acceptors (Lipinski definition) is 5. The number of halogens is 2. The fraction of sp³-hybridized carbons (Fsp3) is 0.355. The molecule has 0 radical (unpaired) electrons. The molecule has 1 N–H and O–H groups in total. The Morgan fingerprint density at radius 1 is 0.897 bits per heavy atom. The van der Waals surface area contributed by atoms with Crippen molar-refractivity contribution in [2.45, 2.75) is 44.7 Å². The van der Waals surface area contributed by atoms with Crippen LogP contribution in [0.1, 0.15) is 48.0 Å². The topological polar surface area (TPSA) is 48.5 Å². The maximum absolute atomic E-state index is 13.3. The van der Waals surface area contributed by atoms with Gasteiger partial charge in [0.15, 0.2) is 0 Å². The number of piperidine rings is 2. The molecule has 0 unspecified atom stereocenters. The van der Waals surface area contributed by atoms with Crippen LogP contribution in [0.5, 0.6) is 0 Å². The van der Waals surface area contributed by atoms with Gasteiger partial charge in [0.2, 0.25) is 0 Å². The van der Waals surface area contributed by atoms with Gasteiger partial charge in [-0.2, -0.15) is 0 Å². The Kier molecular flexibility index (Phi) is 10.4. The lowest BCUT2D eigenvalue weighted by molar-refractivity contribution is 0.0897. The second-order valence-corrected chi connectivity index (χ2v) is 11.2. The Hall–Kier alpha value is -2.48. The van der Waals surface area contributed by atoms with Crippen molar-refractivity contribution < 1.29 is 4.79 Å². The molecule has 2 aliphatic heterocycles. The van der Waals surface area contributed by atoms with Crippen LogP contribution in [-0.4, -0.2) is 52.9 Å². The SMILES string of the molecule is Cl.Cl.O=C(Nc1ccc2scnc2c1)c1ccc(-c2ccccc2)c(CN2CCC(N3CCCCC3)CC2)c1. The second kappa shape index (κ2) is 13.7. The number of benzene rings is 3. The van der Waals surface area contributed by atoms with Crippen LogP contribution < -0.4 is 5.32 Å². The molecule has 2 fully saturated rings. The van der Waals surface area contributed by atoms with E-state index >= 15 is 0 Å². The van der Waals surface area contributed by atoms with E-state index < -0.39 is 0 Å². The van der Waals surface area contributed by atoms with Gasteiger partial charge in [-0.1, -0.05) is 42.8 Å². The van der Waals surface area contributed by atoms with Crippen molar-refractivity contribution in [3.05, 3.63) is 83.4 Å². The molecule has 0 atom stereocenters.